The fraction of sp³-hybridized carbons (Fsp3) is 0.240. The summed E-state index contributed by atoms with van der Waals surface area (Å²) in [6.07, 6.45) is 0. The molecule has 0 saturated carbocycles. The van der Waals surface area contributed by atoms with Gasteiger partial charge in [0, 0.05) is 6.54 Å². The maximum Gasteiger partial charge on any atom is 0.264 e. The van der Waals surface area contributed by atoms with Crippen molar-refractivity contribution in [2.45, 2.75) is 38.1 Å². The van der Waals surface area contributed by atoms with Gasteiger partial charge in [-0.15, -0.1) is 0 Å². The maximum absolute atomic E-state index is 13.4. The third-order valence-electron chi connectivity index (χ3n) is 5.08. The molecule has 3 aromatic carbocycles. The number of hydrogen-bond donors (Lipinski definition) is 1. The number of carbonyl (C=O) groups excluding carboxylic acids is 1. The Kier molecular flexibility index (Phi) is 7.13. The van der Waals surface area contributed by atoms with Gasteiger partial charge in [-0.1, -0.05) is 74.0 Å². The normalized spacial score (nSPS) is 11.4. The first-order chi connectivity index (χ1) is 14.8. The predicted octanol–water partition coefficient (Wildman–Crippen LogP) is 4.63. The molecule has 0 heterocycles. The third-order valence-corrected chi connectivity index (χ3v) is 6.86. The third kappa shape index (κ3) is 5.73. The van der Waals surface area contributed by atoms with Crippen LogP contribution >= 0.6 is 0 Å². The number of rotatable bonds is 8. The number of amides is 1. The zero-order valence-electron chi connectivity index (χ0n) is 18.1. The lowest BCUT2D eigenvalue weighted by Crippen LogP contribution is -2.40. The summed E-state index contributed by atoms with van der Waals surface area (Å²) < 4.78 is 28.0. The van der Waals surface area contributed by atoms with Gasteiger partial charge < -0.3 is 5.32 Å². The first-order valence-corrected chi connectivity index (χ1v) is 11.7. The average Bonchev–Trinajstić information content (AvgIpc) is 2.77. The summed E-state index contributed by atoms with van der Waals surface area (Å²) in [4.78, 5) is 12.8. The second-order valence-corrected chi connectivity index (χ2v) is 9.70. The molecule has 0 saturated heterocycles. The van der Waals surface area contributed by atoms with E-state index in [1.165, 1.54) is 4.31 Å². The fourth-order valence-electron chi connectivity index (χ4n) is 3.16. The number of sulfonamides is 1. The molecule has 0 unspecified atom stereocenters. The first-order valence-electron chi connectivity index (χ1n) is 10.3. The molecular formula is C25H28N2O3S. The Morgan fingerprint density at radius 3 is 2.10 bits per heavy atom. The van der Waals surface area contributed by atoms with Crippen LogP contribution in [0.2, 0.25) is 0 Å². The van der Waals surface area contributed by atoms with E-state index in [2.05, 4.69) is 19.2 Å². The molecule has 0 atom stereocenters. The van der Waals surface area contributed by atoms with Gasteiger partial charge in [0.25, 0.3) is 10.0 Å². The number of aryl methyl sites for hydroxylation is 1. The van der Waals surface area contributed by atoms with Gasteiger partial charge in [0.15, 0.2) is 0 Å². The van der Waals surface area contributed by atoms with E-state index in [0.717, 1.165) is 16.7 Å². The van der Waals surface area contributed by atoms with Crippen LogP contribution in [0.3, 0.4) is 0 Å². The number of anilines is 1. The molecule has 0 aromatic heterocycles. The van der Waals surface area contributed by atoms with E-state index < -0.39 is 10.0 Å². The summed E-state index contributed by atoms with van der Waals surface area (Å²) in [7, 11) is -3.91. The van der Waals surface area contributed by atoms with Crippen molar-refractivity contribution in [1.29, 1.82) is 0 Å². The Hall–Kier alpha value is -3.12. The number of benzene rings is 3. The number of hydrogen-bond acceptors (Lipinski definition) is 3. The van der Waals surface area contributed by atoms with Crippen molar-refractivity contribution in [2.75, 3.05) is 10.8 Å². The molecule has 6 heteroatoms. The van der Waals surface area contributed by atoms with Gasteiger partial charge >= 0.3 is 0 Å². The van der Waals surface area contributed by atoms with Crippen LogP contribution in [0.25, 0.3) is 0 Å². The zero-order valence-corrected chi connectivity index (χ0v) is 18.9. The summed E-state index contributed by atoms with van der Waals surface area (Å²) in [5.41, 5.74) is 3.47. The Bertz CT molecular complexity index is 1110. The van der Waals surface area contributed by atoms with Gasteiger partial charge in [-0.3, -0.25) is 9.10 Å². The molecule has 0 spiro atoms. The molecule has 162 valence electrons. The molecule has 3 rings (SSSR count). The molecule has 31 heavy (non-hydrogen) atoms. The number of nitrogens with zero attached hydrogens (tertiary/aromatic N) is 1. The molecule has 3 aromatic rings. The lowest BCUT2D eigenvalue weighted by atomic mass is 10.0. The van der Waals surface area contributed by atoms with Crippen molar-refractivity contribution in [2.24, 2.45) is 0 Å². The first kappa shape index (κ1) is 22.6. The van der Waals surface area contributed by atoms with Gasteiger partial charge in [0.2, 0.25) is 5.91 Å². The highest BCUT2D eigenvalue weighted by atomic mass is 32.2. The van der Waals surface area contributed by atoms with Crippen LogP contribution in [0.5, 0.6) is 0 Å². The van der Waals surface area contributed by atoms with Gasteiger partial charge in [0.1, 0.15) is 6.54 Å². The molecule has 0 aliphatic rings. The van der Waals surface area contributed by atoms with Crippen LogP contribution in [0.1, 0.15) is 36.5 Å². The summed E-state index contributed by atoms with van der Waals surface area (Å²) in [6.45, 7) is 6.09. The molecule has 1 amide bonds. The highest BCUT2D eigenvalue weighted by Crippen LogP contribution is 2.26. The molecule has 0 bridgehead atoms. The van der Waals surface area contributed by atoms with Crippen LogP contribution in [-0.2, 0) is 21.4 Å². The number of carbonyl (C=O) groups is 1. The van der Waals surface area contributed by atoms with Crippen molar-refractivity contribution in [1.82, 2.24) is 5.32 Å². The highest BCUT2D eigenvalue weighted by Gasteiger charge is 2.27. The second kappa shape index (κ2) is 9.79. The fourth-order valence-corrected chi connectivity index (χ4v) is 4.58. The monoisotopic (exact) mass is 436 g/mol. The van der Waals surface area contributed by atoms with E-state index in [1.807, 2.05) is 49.4 Å². The van der Waals surface area contributed by atoms with Crippen molar-refractivity contribution in [3.8, 4) is 0 Å². The Morgan fingerprint density at radius 2 is 1.52 bits per heavy atom. The number of nitrogens with one attached hydrogen (secondary N) is 1. The smallest absolute Gasteiger partial charge is 0.264 e. The zero-order chi connectivity index (χ0) is 22.4. The van der Waals surface area contributed by atoms with E-state index in [9.17, 15) is 13.2 Å². The molecule has 0 radical (unpaired) electrons. The van der Waals surface area contributed by atoms with Gasteiger partial charge in [-0.25, -0.2) is 8.42 Å². The Balaban J connectivity index is 1.88. The topological polar surface area (TPSA) is 66.5 Å². The van der Waals surface area contributed by atoms with Crippen LogP contribution in [0.15, 0.2) is 83.8 Å². The van der Waals surface area contributed by atoms with E-state index in [4.69, 9.17) is 0 Å². The second-order valence-electron chi connectivity index (χ2n) is 7.83. The summed E-state index contributed by atoms with van der Waals surface area (Å²) in [6, 6.07) is 23.5. The van der Waals surface area contributed by atoms with Crippen LogP contribution in [0, 0.1) is 6.92 Å². The molecular weight excluding hydrogens is 408 g/mol. The van der Waals surface area contributed by atoms with Gasteiger partial charge in [0.05, 0.1) is 10.6 Å². The van der Waals surface area contributed by atoms with Crippen LogP contribution in [0.4, 0.5) is 5.69 Å². The largest absolute Gasteiger partial charge is 0.350 e. The molecule has 1 N–H and O–H groups in total. The average molecular weight is 437 g/mol. The summed E-state index contributed by atoms with van der Waals surface area (Å²) >= 11 is 0. The molecule has 0 aliphatic carbocycles. The van der Waals surface area contributed by atoms with Crippen LogP contribution < -0.4 is 9.62 Å². The van der Waals surface area contributed by atoms with Crippen molar-refractivity contribution < 1.29 is 13.2 Å². The quantitative estimate of drug-likeness (QED) is 0.560. The lowest BCUT2D eigenvalue weighted by Gasteiger charge is -2.24. The van der Waals surface area contributed by atoms with E-state index in [-0.39, 0.29) is 17.3 Å². The Morgan fingerprint density at radius 1 is 0.903 bits per heavy atom. The minimum absolute atomic E-state index is 0.155. The standard InChI is InChI=1S/C25H28N2O3S/c1-19(2)22-11-13-23(14-12-22)27(31(29,30)24-15-9-20(3)10-16-24)18-25(28)26-17-21-7-5-4-6-8-21/h4-16,19H,17-18H2,1-3H3,(H,26,28). The van der Waals surface area contributed by atoms with E-state index in [0.29, 0.717) is 18.2 Å². The molecule has 0 fully saturated rings. The van der Waals surface area contributed by atoms with E-state index >= 15 is 0 Å². The summed E-state index contributed by atoms with van der Waals surface area (Å²) in [5, 5.41) is 2.82. The van der Waals surface area contributed by atoms with Gasteiger partial charge in [-0.2, -0.15) is 0 Å². The van der Waals surface area contributed by atoms with Crippen molar-refractivity contribution in [3.05, 3.63) is 95.6 Å². The molecule has 5 nitrogen and oxygen atoms in total. The maximum atomic E-state index is 13.4. The van der Waals surface area contributed by atoms with Crippen LogP contribution in [-0.4, -0.2) is 20.9 Å². The minimum Gasteiger partial charge on any atom is -0.350 e. The minimum atomic E-state index is -3.91. The van der Waals surface area contributed by atoms with Gasteiger partial charge in [-0.05, 0) is 48.2 Å². The lowest BCUT2D eigenvalue weighted by molar-refractivity contribution is -0.119. The predicted molar refractivity (Wildman–Crippen MR) is 125 cm³/mol. The Labute approximate surface area is 184 Å². The summed E-state index contributed by atoms with van der Waals surface area (Å²) in [5.74, 6) is -0.0437. The van der Waals surface area contributed by atoms with Crippen molar-refractivity contribution >= 4 is 21.6 Å². The van der Waals surface area contributed by atoms with E-state index in [1.54, 1.807) is 36.4 Å². The highest BCUT2D eigenvalue weighted by molar-refractivity contribution is 7.92. The van der Waals surface area contributed by atoms with Crippen molar-refractivity contribution in [3.63, 3.8) is 0 Å². The SMILES string of the molecule is Cc1ccc(S(=O)(=O)N(CC(=O)NCc2ccccc2)c2ccc(C(C)C)cc2)cc1. The molecule has 0 aliphatic heterocycles.